The van der Waals surface area contributed by atoms with Gasteiger partial charge in [-0.2, -0.15) is 5.10 Å². The summed E-state index contributed by atoms with van der Waals surface area (Å²) in [5.74, 6) is 0. The van der Waals surface area contributed by atoms with E-state index in [1.165, 1.54) is 0 Å². The van der Waals surface area contributed by atoms with E-state index in [1.54, 1.807) is 0 Å². The zero-order valence-corrected chi connectivity index (χ0v) is 12.0. The van der Waals surface area contributed by atoms with Crippen molar-refractivity contribution in [2.75, 3.05) is 20.2 Å². The number of ether oxygens (including phenoxy) is 1. The molecule has 2 rings (SSSR count). The first-order chi connectivity index (χ1) is 8.55. The molecule has 1 aromatic heterocycles. The smallest absolute Gasteiger partial charge is 0.0655 e. The van der Waals surface area contributed by atoms with Crippen LogP contribution in [-0.2, 0) is 11.3 Å². The predicted octanol–water partition coefficient (Wildman–Crippen LogP) is 2.02. The van der Waals surface area contributed by atoms with E-state index in [1.807, 2.05) is 23.1 Å². The van der Waals surface area contributed by atoms with Gasteiger partial charge in [0.25, 0.3) is 0 Å². The van der Waals surface area contributed by atoms with Crippen molar-refractivity contribution >= 4 is 0 Å². The third kappa shape index (κ3) is 2.59. The topological polar surface area (TPSA) is 30.3 Å². The van der Waals surface area contributed by atoms with Crippen molar-refractivity contribution < 1.29 is 4.74 Å². The lowest BCUT2D eigenvalue weighted by molar-refractivity contribution is -0.145. The highest BCUT2D eigenvalue weighted by molar-refractivity contribution is 5.03. The van der Waals surface area contributed by atoms with Crippen LogP contribution in [-0.4, -0.2) is 47.0 Å². The van der Waals surface area contributed by atoms with Gasteiger partial charge in [-0.25, -0.2) is 0 Å². The van der Waals surface area contributed by atoms with Crippen LogP contribution in [0.5, 0.6) is 0 Å². The number of rotatable bonds is 6. The SMILES string of the molecule is CCO[C@@H]1C[C@@H](N(C)CCn2cccn2)C1(C)C. The molecule has 18 heavy (non-hydrogen) atoms. The van der Waals surface area contributed by atoms with Crippen molar-refractivity contribution in [3.63, 3.8) is 0 Å². The van der Waals surface area contributed by atoms with Gasteiger partial charge in [-0.3, -0.25) is 4.68 Å². The second kappa shape index (κ2) is 5.41. The zero-order chi connectivity index (χ0) is 13.2. The van der Waals surface area contributed by atoms with Crippen LogP contribution < -0.4 is 0 Å². The van der Waals surface area contributed by atoms with Crippen LogP contribution >= 0.6 is 0 Å². The molecule has 1 aliphatic rings. The number of nitrogens with zero attached hydrogens (tertiary/aromatic N) is 3. The molecule has 0 saturated heterocycles. The Morgan fingerprint density at radius 1 is 1.50 bits per heavy atom. The summed E-state index contributed by atoms with van der Waals surface area (Å²) in [6.45, 7) is 9.50. The van der Waals surface area contributed by atoms with Crippen LogP contribution in [0.2, 0.25) is 0 Å². The van der Waals surface area contributed by atoms with Crippen LogP contribution in [0.15, 0.2) is 18.5 Å². The van der Waals surface area contributed by atoms with Gasteiger partial charge in [0.1, 0.15) is 0 Å². The van der Waals surface area contributed by atoms with Gasteiger partial charge in [-0.05, 0) is 26.5 Å². The van der Waals surface area contributed by atoms with Gasteiger partial charge in [0.2, 0.25) is 0 Å². The maximum atomic E-state index is 5.78. The molecule has 1 aliphatic carbocycles. The van der Waals surface area contributed by atoms with Crippen LogP contribution in [0.25, 0.3) is 0 Å². The first kappa shape index (κ1) is 13.6. The van der Waals surface area contributed by atoms with Gasteiger partial charge < -0.3 is 9.64 Å². The molecule has 102 valence electrons. The molecule has 1 fully saturated rings. The number of hydrogen-bond acceptors (Lipinski definition) is 3. The molecule has 4 nitrogen and oxygen atoms in total. The minimum Gasteiger partial charge on any atom is -0.378 e. The summed E-state index contributed by atoms with van der Waals surface area (Å²) in [6.07, 6.45) is 5.41. The van der Waals surface area contributed by atoms with Gasteiger partial charge in [-0.1, -0.05) is 13.8 Å². The summed E-state index contributed by atoms with van der Waals surface area (Å²) < 4.78 is 7.77. The Hall–Kier alpha value is -0.870. The first-order valence-electron chi connectivity index (χ1n) is 6.85. The third-order valence-corrected chi connectivity index (χ3v) is 4.27. The summed E-state index contributed by atoms with van der Waals surface area (Å²) >= 11 is 0. The molecule has 0 aliphatic heterocycles. The third-order valence-electron chi connectivity index (χ3n) is 4.27. The monoisotopic (exact) mass is 251 g/mol. The highest BCUT2D eigenvalue weighted by Crippen LogP contribution is 2.45. The van der Waals surface area contributed by atoms with Crippen molar-refractivity contribution in [1.82, 2.24) is 14.7 Å². The molecule has 0 spiro atoms. The van der Waals surface area contributed by atoms with Crippen LogP contribution in [0.1, 0.15) is 27.2 Å². The van der Waals surface area contributed by atoms with Crippen molar-refractivity contribution in [1.29, 1.82) is 0 Å². The Morgan fingerprint density at radius 2 is 2.28 bits per heavy atom. The fourth-order valence-corrected chi connectivity index (χ4v) is 2.95. The van der Waals surface area contributed by atoms with Gasteiger partial charge in [0.05, 0.1) is 12.6 Å². The normalized spacial score (nSPS) is 26.3. The largest absolute Gasteiger partial charge is 0.378 e. The fraction of sp³-hybridized carbons (Fsp3) is 0.786. The lowest BCUT2D eigenvalue weighted by Crippen LogP contribution is -2.61. The minimum atomic E-state index is 0.259. The molecule has 0 bridgehead atoms. The molecule has 0 aromatic carbocycles. The molecular weight excluding hydrogens is 226 g/mol. The number of hydrogen-bond donors (Lipinski definition) is 0. The summed E-state index contributed by atoms with van der Waals surface area (Å²) in [5.41, 5.74) is 0.259. The standard InChI is InChI=1S/C14H25N3O/c1-5-18-13-11-12(14(13,2)3)16(4)9-10-17-8-6-7-15-17/h6-8,12-13H,5,9-11H2,1-4H3/t12-,13-/m1/s1. The lowest BCUT2D eigenvalue weighted by atomic mass is 9.64. The van der Waals surface area contributed by atoms with Crippen molar-refractivity contribution in [2.24, 2.45) is 5.41 Å². The Kier molecular flexibility index (Phi) is 4.07. The van der Waals surface area contributed by atoms with Crippen molar-refractivity contribution in [3.8, 4) is 0 Å². The predicted molar refractivity (Wildman–Crippen MR) is 72.5 cm³/mol. The van der Waals surface area contributed by atoms with E-state index in [9.17, 15) is 0 Å². The van der Waals surface area contributed by atoms with E-state index in [0.717, 1.165) is 26.1 Å². The Labute approximate surface area is 110 Å². The van der Waals surface area contributed by atoms with Gasteiger partial charge in [0.15, 0.2) is 0 Å². The number of aromatic nitrogens is 2. The first-order valence-corrected chi connectivity index (χ1v) is 6.85. The minimum absolute atomic E-state index is 0.259. The maximum Gasteiger partial charge on any atom is 0.0655 e. The highest BCUT2D eigenvalue weighted by Gasteiger charge is 2.50. The summed E-state index contributed by atoms with van der Waals surface area (Å²) in [5, 5.41) is 4.24. The summed E-state index contributed by atoms with van der Waals surface area (Å²) in [7, 11) is 2.21. The van der Waals surface area contributed by atoms with Crippen molar-refractivity contribution in [2.45, 2.75) is 45.9 Å². The van der Waals surface area contributed by atoms with Crippen LogP contribution in [0.4, 0.5) is 0 Å². The van der Waals surface area contributed by atoms with Gasteiger partial charge in [0, 0.05) is 37.0 Å². The number of likely N-dealkylation sites (N-methyl/N-ethyl adjacent to an activating group) is 1. The quantitative estimate of drug-likeness (QED) is 0.775. The van der Waals surface area contributed by atoms with E-state index >= 15 is 0 Å². The second-order valence-electron chi connectivity index (χ2n) is 5.77. The van der Waals surface area contributed by atoms with E-state index in [4.69, 9.17) is 4.74 Å². The zero-order valence-electron chi connectivity index (χ0n) is 12.0. The lowest BCUT2D eigenvalue weighted by Gasteiger charge is -2.55. The second-order valence-corrected chi connectivity index (χ2v) is 5.77. The molecular formula is C14H25N3O. The summed E-state index contributed by atoms with van der Waals surface area (Å²) in [6, 6.07) is 2.59. The van der Waals surface area contributed by atoms with E-state index in [0.29, 0.717) is 12.1 Å². The molecule has 0 radical (unpaired) electrons. The van der Waals surface area contributed by atoms with E-state index in [2.05, 4.69) is 37.8 Å². The van der Waals surface area contributed by atoms with Crippen LogP contribution in [0.3, 0.4) is 0 Å². The van der Waals surface area contributed by atoms with E-state index in [-0.39, 0.29) is 5.41 Å². The average molecular weight is 251 g/mol. The molecule has 4 heteroatoms. The molecule has 0 amide bonds. The Bertz CT molecular complexity index is 361. The summed E-state index contributed by atoms with van der Waals surface area (Å²) in [4.78, 5) is 2.44. The van der Waals surface area contributed by atoms with Crippen LogP contribution in [0, 0.1) is 5.41 Å². The Morgan fingerprint density at radius 3 is 2.83 bits per heavy atom. The van der Waals surface area contributed by atoms with Gasteiger partial charge >= 0.3 is 0 Å². The molecule has 0 N–H and O–H groups in total. The Balaban J connectivity index is 1.82. The van der Waals surface area contributed by atoms with E-state index < -0.39 is 0 Å². The van der Waals surface area contributed by atoms with Crippen molar-refractivity contribution in [3.05, 3.63) is 18.5 Å². The molecule has 1 saturated carbocycles. The molecule has 1 aromatic rings. The fourth-order valence-electron chi connectivity index (χ4n) is 2.95. The average Bonchev–Trinajstić information content (AvgIpc) is 2.84. The molecule has 1 heterocycles. The molecule has 0 unspecified atom stereocenters. The van der Waals surface area contributed by atoms with Gasteiger partial charge in [-0.15, -0.1) is 0 Å². The molecule has 2 atom stereocenters. The highest BCUT2D eigenvalue weighted by atomic mass is 16.5. The maximum absolute atomic E-state index is 5.78.